The predicted molar refractivity (Wildman–Crippen MR) is 63.5 cm³/mol. The predicted octanol–water partition coefficient (Wildman–Crippen LogP) is 2.09. The van der Waals surface area contributed by atoms with Gasteiger partial charge < -0.3 is 10.4 Å². The number of halogens is 1. The van der Waals surface area contributed by atoms with Crippen molar-refractivity contribution in [3.8, 4) is 0 Å². The molecule has 1 saturated carbocycles. The fourth-order valence-corrected chi connectivity index (χ4v) is 2.41. The molecule has 0 aromatic carbocycles. The molecule has 1 aliphatic carbocycles. The van der Waals surface area contributed by atoms with Crippen LogP contribution >= 0.6 is 11.6 Å². The molecule has 1 heterocycles. The Hall–Kier alpha value is -0.870. The summed E-state index contributed by atoms with van der Waals surface area (Å²) in [4.78, 5) is 8.13. The summed E-state index contributed by atoms with van der Waals surface area (Å²) >= 11 is 5.77. The fraction of sp³-hybridized carbons (Fsp3) is 0.636. The Balaban J connectivity index is 2.10. The summed E-state index contributed by atoms with van der Waals surface area (Å²) in [6, 6.07) is 0.241. The summed E-state index contributed by atoms with van der Waals surface area (Å²) in [5, 5.41) is 13.1. The molecule has 2 rings (SSSR count). The number of anilines is 1. The molecule has 4 nitrogen and oxygen atoms in total. The zero-order chi connectivity index (χ0) is 11.6. The van der Waals surface area contributed by atoms with Crippen molar-refractivity contribution < 1.29 is 5.11 Å². The number of rotatable bonds is 3. The first-order valence-corrected chi connectivity index (χ1v) is 5.87. The molecule has 0 saturated heterocycles. The second kappa shape index (κ2) is 4.55. The third-order valence-electron chi connectivity index (χ3n) is 3.37. The average molecular weight is 242 g/mol. The van der Waals surface area contributed by atoms with Crippen molar-refractivity contribution in [1.82, 2.24) is 9.97 Å². The summed E-state index contributed by atoms with van der Waals surface area (Å²) in [6.45, 7) is 2.29. The van der Waals surface area contributed by atoms with E-state index in [0.717, 1.165) is 19.3 Å². The van der Waals surface area contributed by atoms with Gasteiger partial charge >= 0.3 is 0 Å². The van der Waals surface area contributed by atoms with Crippen molar-refractivity contribution in [3.05, 3.63) is 17.5 Å². The summed E-state index contributed by atoms with van der Waals surface area (Å²) in [5.41, 5.74) is -0.0655. The molecule has 1 fully saturated rings. The Morgan fingerprint density at radius 2 is 2.44 bits per heavy atom. The van der Waals surface area contributed by atoms with Crippen LogP contribution in [-0.2, 0) is 0 Å². The number of hydrogen-bond donors (Lipinski definition) is 2. The van der Waals surface area contributed by atoms with Crippen LogP contribution in [0.3, 0.4) is 0 Å². The van der Waals surface area contributed by atoms with E-state index in [9.17, 15) is 5.11 Å². The molecule has 5 heteroatoms. The van der Waals surface area contributed by atoms with Crippen LogP contribution in [-0.4, -0.2) is 27.7 Å². The monoisotopic (exact) mass is 241 g/mol. The summed E-state index contributed by atoms with van der Waals surface area (Å²) in [6.07, 6.45) is 6.37. The van der Waals surface area contributed by atoms with Crippen molar-refractivity contribution in [2.24, 2.45) is 5.41 Å². The molecule has 0 aliphatic heterocycles. The lowest BCUT2D eigenvalue weighted by Gasteiger charge is -2.30. The molecular formula is C11H16ClN3O. The molecule has 1 aliphatic rings. The van der Waals surface area contributed by atoms with Crippen LogP contribution in [0.1, 0.15) is 26.2 Å². The highest BCUT2D eigenvalue weighted by Gasteiger charge is 2.38. The molecule has 2 atom stereocenters. The molecule has 0 bridgehead atoms. The quantitative estimate of drug-likeness (QED) is 0.851. The molecule has 0 radical (unpaired) electrons. The van der Waals surface area contributed by atoms with Gasteiger partial charge in [0.15, 0.2) is 0 Å². The smallest absolute Gasteiger partial charge is 0.149 e. The lowest BCUT2D eigenvalue weighted by Crippen LogP contribution is -2.36. The van der Waals surface area contributed by atoms with E-state index in [1.54, 1.807) is 6.20 Å². The third-order valence-corrected chi connectivity index (χ3v) is 3.55. The Morgan fingerprint density at radius 3 is 3.12 bits per heavy atom. The van der Waals surface area contributed by atoms with Gasteiger partial charge in [-0.3, -0.25) is 4.98 Å². The Labute approximate surface area is 100 Å². The van der Waals surface area contributed by atoms with Crippen LogP contribution in [0.25, 0.3) is 0 Å². The molecule has 0 unspecified atom stereocenters. The molecular weight excluding hydrogens is 226 g/mol. The first kappa shape index (κ1) is 11.6. The number of aromatic nitrogens is 2. The van der Waals surface area contributed by atoms with Crippen molar-refractivity contribution in [1.29, 1.82) is 0 Å². The molecule has 88 valence electrons. The van der Waals surface area contributed by atoms with Gasteiger partial charge in [-0.2, -0.15) is 0 Å². The Bertz CT molecular complexity index is 374. The van der Waals surface area contributed by atoms with Gasteiger partial charge in [0, 0.05) is 11.5 Å². The SMILES string of the molecule is C[C@]1(CO)CCC[C@H]1Nc1cncc(Cl)n1. The number of hydrogen-bond acceptors (Lipinski definition) is 4. The van der Waals surface area contributed by atoms with Gasteiger partial charge in [-0.15, -0.1) is 0 Å². The Kier molecular flexibility index (Phi) is 3.30. The minimum atomic E-state index is -0.0655. The van der Waals surface area contributed by atoms with E-state index in [-0.39, 0.29) is 18.1 Å². The molecule has 1 aromatic rings. The minimum Gasteiger partial charge on any atom is -0.396 e. The largest absolute Gasteiger partial charge is 0.396 e. The van der Waals surface area contributed by atoms with Gasteiger partial charge in [-0.1, -0.05) is 24.9 Å². The maximum Gasteiger partial charge on any atom is 0.149 e. The highest BCUT2D eigenvalue weighted by molar-refractivity contribution is 6.29. The molecule has 2 N–H and O–H groups in total. The first-order chi connectivity index (χ1) is 7.64. The van der Waals surface area contributed by atoms with E-state index < -0.39 is 0 Å². The second-order valence-corrected chi connectivity index (χ2v) is 5.02. The molecule has 0 spiro atoms. The lowest BCUT2D eigenvalue weighted by atomic mass is 9.86. The molecule has 0 amide bonds. The maximum absolute atomic E-state index is 9.43. The van der Waals surface area contributed by atoms with Gasteiger partial charge in [0.25, 0.3) is 0 Å². The highest BCUT2D eigenvalue weighted by atomic mass is 35.5. The molecule has 16 heavy (non-hydrogen) atoms. The fourth-order valence-electron chi connectivity index (χ4n) is 2.26. The normalized spacial score (nSPS) is 29.3. The van der Waals surface area contributed by atoms with Crippen molar-refractivity contribution >= 4 is 17.4 Å². The van der Waals surface area contributed by atoms with Crippen LogP contribution in [0.5, 0.6) is 0 Å². The van der Waals surface area contributed by atoms with Crippen LogP contribution in [0, 0.1) is 5.41 Å². The number of nitrogens with one attached hydrogen (secondary N) is 1. The van der Waals surface area contributed by atoms with E-state index in [0.29, 0.717) is 11.0 Å². The summed E-state index contributed by atoms with van der Waals surface area (Å²) in [7, 11) is 0. The van der Waals surface area contributed by atoms with Gasteiger partial charge in [-0.05, 0) is 12.8 Å². The number of aliphatic hydroxyl groups is 1. The van der Waals surface area contributed by atoms with Crippen molar-refractivity contribution in [3.63, 3.8) is 0 Å². The van der Waals surface area contributed by atoms with E-state index in [1.807, 2.05) is 0 Å². The zero-order valence-electron chi connectivity index (χ0n) is 9.28. The first-order valence-electron chi connectivity index (χ1n) is 5.49. The lowest BCUT2D eigenvalue weighted by molar-refractivity contribution is 0.139. The maximum atomic E-state index is 9.43. The van der Waals surface area contributed by atoms with Gasteiger partial charge in [0.05, 0.1) is 19.0 Å². The Morgan fingerprint density at radius 1 is 1.62 bits per heavy atom. The van der Waals surface area contributed by atoms with E-state index in [4.69, 9.17) is 11.6 Å². The molecule has 1 aromatic heterocycles. The van der Waals surface area contributed by atoms with E-state index in [2.05, 4.69) is 22.2 Å². The minimum absolute atomic E-state index is 0.0655. The highest BCUT2D eigenvalue weighted by Crippen LogP contribution is 2.38. The van der Waals surface area contributed by atoms with Crippen LogP contribution in [0.15, 0.2) is 12.4 Å². The number of nitrogens with zero attached hydrogens (tertiary/aromatic N) is 2. The van der Waals surface area contributed by atoms with Crippen LogP contribution < -0.4 is 5.32 Å². The third kappa shape index (κ3) is 2.28. The average Bonchev–Trinajstić information content (AvgIpc) is 2.61. The van der Waals surface area contributed by atoms with E-state index >= 15 is 0 Å². The second-order valence-electron chi connectivity index (χ2n) is 4.63. The van der Waals surface area contributed by atoms with Crippen molar-refractivity contribution in [2.45, 2.75) is 32.2 Å². The number of aliphatic hydroxyl groups excluding tert-OH is 1. The van der Waals surface area contributed by atoms with Crippen LogP contribution in [0.2, 0.25) is 5.15 Å². The van der Waals surface area contributed by atoms with Gasteiger partial charge in [0.2, 0.25) is 0 Å². The summed E-state index contributed by atoms with van der Waals surface area (Å²) in [5.74, 6) is 0.680. The summed E-state index contributed by atoms with van der Waals surface area (Å²) < 4.78 is 0. The van der Waals surface area contributed by atoms with Gasteiger partial charge in [-0.25, -0.2) is 4.98 Å². The van der Waals surface area contributed by atoms with E-state index in [1.165, 1.54) is 6.20 Å². The van der Waals surface area contributed by atoms with Crippen LogP contribution in [0.4, 0.5) is 5.82 Å². The van der Waals surface area contributed by atoms with Gasteiger partial charge in [0.1, 0.15) is 11.0 Å². The zero-order valence-corrected chi connectivity index (χ0v) is 10.0. The van der Waals surface area contributed by atoms with Crippen molar-refractivity contribution in [2.75, 3.05) is 11.9 Å². The standard InChI is InChI=1S/C11H16ClN3O/c1-11(7-16)4-2-3-8(11)14-10-6-13-5-9(12)15-10/h5-6,8,16H,2-4,7H2,1H3,(H,14,15)/t8-,11-/m1/s1. The topological polar surface area (TPSA) is 58.0 Å².